The lowest BCUT2D eigenvalue weighted by Crippen LogP contribution is -2.06. The first-order valence-electron chi connectivity index (χ1n) is 6.39. The number of carboxylic acid groups (broad SMARTS) is 1. The Morgan fingerprint density at radius 1 is 1.10 bits per heavy atom. The van der Waals surface area contributed by atoms with Crippen molar-refractivity contribution < 1.29 is 14.6 Å². The molecule has 2 aromatic heterocycles. The van der Waals surface area contributed by atoms with Gasteiger partial charge in [0.25, 0.3) is 0 Å². The van der Waals surface area contributed by atoms with Gasteiger partial charge in [-0.2, -0.15) is 0 Å². The summed E-state index contributed by atoms with van der Waals surface area (Å²) >= 11 is 0. The monoisotopic (exact) mass is 280 g/mol. The van der Waals surface area contributed by atoms with Gasteiger partial charge in [0.15, 0.2) is 5.75 Å². The summed E-state index contributed by atoms with van der Waals surface area (Å²) in [5.74, 6) is -0.795. The van der Waals surface area contributed by atoms with Gasteiger partial charge in [-0.1, -0.05) is 24.3 Å². The van der Waals surface area contributed by atoms with Crippen molar-refractivity contribution in [3.63, 3.8) is 0 Å². The lowest BCUT2D eigenvalue weighted by Gasteiger charge is -2.10. The van der Waals surface area contributed by atoms with Gasteiger partial charge in [-0.15, -0.1) is 0 Å². The van der Waals surface area contributed by atoms with Crippen LogP contribution < -0.4 is 4.74 Å². The molecular formula is C16H12N2O3. The highest BCUT2D eigenvalue weighted by Crippen LogP contribution is 2.26. The summed E-state index contributed by atoms with van der Waals surface area (Å²) in [7, 11) is 0. The fourth-order valence-corrected chi connectivity index (χ4v) is 2.09. The highest BCUT2D eigenvalue weighted by Gasteiger charge is 2.16. The molecule has 104 valence electrons. The lowest BCUT2D eigenvalue weighted by atomic mass is 10.1. The molecule has 0 saturated carbocycles. The average molecular weight is 280 g/mol. The fourth-order valence-electron chi connectivity index (χ4n) is 2.09. The third kappa shape index (κ3) is 2.67. The van der Waals surface area contributed by atoms with Gasteiger partial charge < -0.3 is 9.84 Å². The van der Waals surface area contributed by atoms with Gasteiger partial charge in [-0.25, -0.2) is 4.79 Å². The first-order chi connectivity index (χ1) is 10.3. The number of pyridine rings is 2. The molecular weight excluding hydrogens is 268 g/mol. The van der Waals surface area contributed by atoms with Crippen LogP contribution in [0.25, 0.3) is 10.9 Å². The molecule has 5 heteroatoms. The van der Waals surface area contributed by atoms with Crippen molar-refractivity contribution in [2.75, 3.05) is 0 Å². The SMILES string of the molecule is O=C(O)c1c(OCc2ccccn2)cnc2ccccc12. The summed E-state index contributed by atoms with van der Waals surface area (Å²) in [6.07, 6.45) is 3.10. The second kappa shape index (κ2) is 5.58. The van der Waals surface area contributed by atoms with E-state index in [4.69, 9.17) is 4.74 Å². The normalized spacial score (nSPS) is 10.5. The zero-order valence-corrected chi connectivity index (χ0v) is 11.1. The van der Waals surface area contributed by atoms with Gasteiger partial charge in [0, 0.05) is 11.6 Å². The van der Waals surface area contributed by atoms with E-state index in [9.17, 15) is 9.90 Å². The maximum absolute atomic E-state index is 11.5. The fraction of sp³-hybridized carbons (Fsp3) is 0.0625. The Morgan fingerprint density at radius 2 is 1.90 bits per heavy atom. The predicted molar refractivity (Wildman–Crippen MR) is 77.3 cm³/mol. The van der Waals surface area contributed by atoms with Crippen molar-refractivity contribution in [1.29, 1.82) is 0 Å². The summed E-state index contributed by atoms with van der Waals surface area (Å²) in [4.78, 5) is 19.9. The zero-order valence-electron chi connectivity index (χ0n) is 11.1. The third-order valence-corrected chi connectivity index (χ3v) is 3.06. The van der Waals surface area contributed by atoms with Gasteiger partial charge >= 0.3 is 5.97 Å². The molecule has 3 aromatic rings. The molecule has 0 saturated heterocycles. The molecule has 2 heterocycles. The second-order valence-electron chi connectivity index (χ2n) is 4.43. The van der Waals surface area contributed by atoms with E-state index in [1.807, 2.05) is 24.3 Å². The van der Waals surface area contributed by atoms with E-state index in [1.165, 1.54) is 6.20 Å². The van der Waals surface area contributed by atoms with Gasteiger partial charge in [-0.3, -0.25) is 9.97 Å². The Balaban J connectivity index is 1.98. The molecule has 0 fully saturated rings. The van der Waals surface area contributed by atoms with Crippen LogP contribution in [0.3, 0.4) is 0 Å². The maximum atomic E-state index is 11.5. The molecule has 1 N–H and O–H groups in total. The van der Waals surface area contributed by atoms with Crippen LogP contribution in [0.2, 0.25) is 0 Å². The first-order valence-corrected chi connectivity index (χ1v) is 6.39. The van der Waals surface area contributed by atoms with Crippen LogP contribution in [-0.4, -0.2) is 21.0 Å². The van der Waals surface area contributed by atoms with Gasteiger partial charge in [0.1, 0.15) is 12.2 Å². The number of rotatable bonds is 4. The number of aromatic nitrogens is 2. The van der Waals surface area contributed by atoms with E-state index >= 15 is 0 Å². The average Bonchev–Trinajstić information content (AvgIpc) is 2.53. The number of benzene rings is 1. The number of carbonyl (C=O) groups is 1. The van der Waals surface area contributed by atoms with Gasteiger partial charge in [0.05, 0.1) is 17.4 Å². The van der Waals surface area contributed by atoms with E-state index < -0.39 is 5.97 Å². The molecule has 0 amide bonds. The van der Waals surface area contributed by atoms with Crippen molar-refractivity contribution >= 4 is 16.9 Å². The van der Waals surface area contributed by atoms with Crippen molar-refractivity contribution in [2.24, 2.45) is 0 Å². The summed E-state index contributed by atoms with van der Waals surface area (Å²) in [5.41, 5.74) is 1.47. The number of carboxylic acids is 1. The molecule has 1 aromatic carbocycles. The Bertz CT molecular complexity index is 788. The number of aromatic carboxylic acids is 1. The minimum atomic E-state index is -1.04. The van der Waals surface area contributed by atoms with Crippen molar-refractivity contribution in [3.8, 4) is 5.75 Å². The number of hydrogen-bond donors (Lipinski definition) is 1. The molecule has 3 rings (SSSR count). The van der Waals surface area contributed by atoms with Crippen LogP contribution in [-0.2, 0) is 6.61 Å². The van der Waals surface area contributed by atoms with Crippen LogP contribution in [0.5, 0.6) is 5.75 Å². The molecule has 0 spiro atoms. The van der Waals surface area contributed by atoms with Gasteiger partial charge in [-0.05, 0) is 18.2 Å². The minimum absolute atomic E-state index is 0.122. The first kappa shape index (κ1) is 13.1. The zero-order chi connectivity index (χ0) is 14.7. The summed E-state index contributed by atoms with van der Waals surface area (Å²) in [6, 6.07) is 12.6. The highest BCUT2D eigenvalue weighted by atomic mass is 16.5. The molecule has 5 nitrogen and oxygen atoms in total. The largest absolute Gasteiger partial charge is 0.485 e. The molecule has 0 bridgehead atoms. The number of fused-ring (bicyclic) bond motifs is 1. The third-order valence-electron chi connectivity index (χ3n) is 3.06. The summed E-state index contributed by atoms with van der Waals surface area (Å²) < 4.78 is 5.59. The molecule has 0 radical (unpaired) electrons. The maximum Gasteiger partial charge on any atom is 0.340 e. The van der Waals surface area contributed by atoms with E-state index in [2.05, 4.69) is 9.97 Å². The molecule has 0 atom stereocenters. The Kier molecular flexibility index (Phi) is 3.47. The van der Waals surface area contributed by atoms with Crippen molar-refractivity contribution in [3.05, 3.63) is 66.1 Å². The quantitative estimate of drug-likeness (QED) is 0.795. The van der Waals surface area contributed by atoms with E-state index in [1.54, 1.807) is 24.4 Å². The summed E-state index contributed by atoms with van der Waals surface area (Å²) in [5, 5.41) is 10.00. The molecule has 0 aliphatic rings. The standard InChI is InChI=1S/C16H12N2O3/c19-16(20)15-12-6-1-2-7-13(12)18-9-14(15)21-10-11-5-3-4-8-17-11/h1-9H,10H2,(H,19,20). The molecule has 0 unspecified atom stereocenters. The molecule has 0 aliphatic carbocycles. The predicted octanol–water partition coefficient (Wildman–Crippen LogP) is 2.91. The number of ether oxygens (including phenoxy) is 1. The number of para-hydroxylation sites is 1. The van der Waals surface area contributed by atoms with E-state index in [0.29, 0.717) is 10.9 Å². The topological polar surface area (TPSA) is 72.3 Å². The smallest absolute Gasteiger partial charge is 0.340 e. The van der Waals surface area contributed by atoms with Crippen LogP contribution in [0.4, 0.5) is 0 Å². The molecule has 0 aliphatic heterocycles. The lowest BCUT2D eigenvalue weighted by molar-refractivity contribution is 0.0694. The van der Waals surface area contributed by atoms with Crippen LogP contribution in [0, 0.1) is 0 Å². The minimum Gasteiger partial charge on any atom is -0.485 e. The molecule has 21 heavy (non-hydrogen) atoms. The van der Waals surface area contributed by atoms with Crippen molar-refractivity contribution in [2.45, 2.75) is 6.61 Å². The number of nitrogens with zero attached hydrogens (tertiary/aromatic N) is 2. The van der Waals surface area contributed by atoms with Crippen molar-refractivity contribution in [1.82, 2.24) is 9.97 Å². The van der Waals surface area contributed by atoms with E-state index in [0.717, 1.165) is 5.69 Å². The second-order valence-corrected chi connectivity index (χ2v) is 4.43. The Hall–Kier alpha value is -2.95. The number of hydrogen-bond acceptors (Lipinski definition) is 4. The Labute approximate surface area is 120 Å². The van der Waals surface area contributed by atoms with Crippen LogP contribution >= 0.6 is 0 Å². The summed E-state index contributed by atoms with van der Waals surface area (Å²) in [6.45, 7) is 0.196. The van der Waals surface area contributed by atoms with Crippen LogP contribution in [0.1, 0.15) is 16.1 Å². The van der Waals surface area contributed by atoms with E-state index in [-0.39, 0.29) is 17.9 Å². The van der Waals surface area contributed by atoms with Crippen LogP contribution in [0.15, 0.2) is 54.9 Å². The van der Waals surface area contributed by atoms with Gasteiger partial charge in [0.2, 0.25) is 0 Å². The Morgan fingerprint density at radius 3 is 2.67 bits per heavy atom. The highest BCUT2D eigenvalue weighted by molar-refractivity contribution is 6.04.